The van der Waals surface area contributed by atoms with Crippen molar-refractivity contribution >= 4 is 27.6 Å². The molecular weight excluding hydrogens is 226 g/mol. The third-order valence-corrected chi connectivity index (χ3v) is 2.89. The molecule has 0 fully saturated rings. The predicted octanol–water partition coefficient (Wildman–Crippen LogP) is 3.45. The van der Waals surface area contributed by atoms with Crippen LogP contribution in [0.4, 0.5) is 4.79 Å². The summed E-state index contributed by atoms with van der Waals surface area (Å²) in [6, 6.07) is 17.8. The summed E-state index contributed by atoms with van der Waals surface area (Å²) in [5, 5.41) is 4.47. The van der Waals surface area contributed by atoms with Crippen molar-refractivity contribution in [2.75, 3.05) is 0 Å². The van der Waals surface area contributed by atoms with Crippen LogP contribution in [0, 0.1) is 0 Å². The van der Waals surface area contributed by atoms with Crippen LogP contribution in [0.15, 0.2) is 54.6 Å². The molecule has 3 nitrogen and oxygen atoms in total. The lowest BCUT2D eigenvalue weighted by atomic mass is 10.0. The first-order valence-corrected chi connectivity index (χ1v) is 5.62. The number of rotatable bonds is 1. The molecule has 2 N–H and O–H groups in total. The summed E-state index contributed by atoms with van der Waals surface area (Å²) in [4.78, 5) is 10.7. The van der Waals surface area contributed by atoms with E-state index in [0.29, 0.717) is 5.75 Å². The van der Waals surface area contributed by atoms with E-state index in [2.05, 4.69) is 24.3 Å². The SMILES string of the molecule is NC(=O)Oc1ccc2cc3ccccc3cc2c1. The molecule has 3 aromatic carbocycles. The van der Waals surface area contributed by atoms with Gasteiger partial charge in [0, 0.05) is 0 Å². The van der Waals surface area contributed by atoms with Gasteiger partial charge in [-0.15, -0.1) is 0 Å². The third-order valence-electron chi connectivity index (χ3n) is 2.89. The Balaban J connectivity index is 2.20. The molecule has 0 spiro atoms. The van der Waals surface area contributed by atoms with Gasteiger partial charge >= 0.3 is 6.09 Å². The van der Waals surface area contributed by atoms with Crippen LogP contribution in [-0.2, 0) is 0 Å². The van der Waals surface area contributed by atoms with Gasteiger partial charge in [0.1, 0.15) is 5.75 Å². The van der Waals surface area contributed by atoms with Crippen molar-refractivity contribution in [3.8, 4) is 5.75 Å². The third kappa shape index (κ3) is 1.86. The van der Waals surface area contributed by atoms with Crippen LogP contribution in [-0.4, -0.2) is 6.09 Å². The molecule has 3 rings (SSSR count). The fourth-order valence-corrected chi connectivity index (χ4v) is 2.10. The number of primary amides is 1. The molecule has 3 heteroatoms. The maximum absolute atomic E-state index is 10.7. The Morgan fingerprint density at radius 2 is 1.44 bits per heavy atom. The van der Waals surface area contributed by atoms with Crippen LogP contribution in [0.5, 0.6) is 5.75 Å². The molecule has 0 atom stereocenters. The standard InChI is InChI=1S/C15H11NO2/c16-15(17)18-14-6-5-12-7-10-3-1-2-4-11(10)8-13(12)9-14/h1-9H,(H2,16,17). The molecule has 0 saturated carbocycles. The molecule has 1 amide bonds. The van der Waals surface area contributed by atoms with E-state index in [0.717, 1.165) is 16.2 Å². The van der Waals surface area contributed by atoms with Crippen LogP contribution in [0.25, 0.3) is 21.5 Å². The van der Waals surface area contributed by atoms with Gasteiger partial charge in [0.15, 0.2) is 0 Å². The zero-order chi connectivity index (χ0) is 12.5. The number of nitrogens with two attached hydrogens (primary N) is 1. The molecule has 0 aliphatic carbocycles. The molecule has 3 aromatic rings. The first-order chi connectivity index (χ1) is 8.72. The highest BCUT2D eigenvalue weighted by Gasteiger charge is 2.02. The van der Waals surface area contributed by atoms with E-state index in [4.69, 9.17) is 10.5 Å². The van der Waals surface area contributed by atoms with E-state index in [1.807, 2.05) is 24.3 Å². The van der Waals surface area contributed by atoms with Crippen LogP contribution in [0.2, 0.25) is 0 Å². The number of ether oxygens (including phenoxy) is 1. The summed E-state index contributed by atoms with van der Waals surface area (Å²) in [5.41, 5.74) is 5.00. The van der Waals surface area contributed by atoms with Gasteiger partial charge in [-0.25, -0.2) is 4.79 Å². The molecule has 0 saturated heterocycles. The summed E-state index contributed by atoms with van der Waals surface area (Å²) in [6.07, 6.45) is -0.796. The quantitative estimate of drug-likeness (QED) is 0.659. The second kappa shape index (κ2) is 4.04. The van der Waals surface area contributed by atoms with Gasteiger partial charge in [-0.05, 0) is 45.8 Å². The van der Waals surface area contributed by atoms with Gasteiger partial charge in [-0.3, -0.25) is 0 Å². The van der Waals surface area contributed by atoms with Crippen molar-refractivity contribution in [1.29, 1.82) is 0 Å². The Labute approximate surface area is 104 Å². The highest BCUT2D eigenvalue weighted by Crippen LogP contribution is 2.26. The highest BCUT2D eigenvalue weighted by molar-refractivity contribution is 5.98. The first kappa shape index (κ1) is 10.6. The van der Waals surface area contributed by atoms with E-state index in [1.165, 1.54) is 5.39 Å². The van der Waals surface area contributed by atoms with Gasteiger partial charge < -0.3 is 10.5 Å². The number of benzene rings is 3. The zero-order valence-corrected chi connectivity index (χ0v) is 9.59. The first-order valence-electron chi connectivity index (χ1n) is 5.62. The number of hydrogen-bond donors (Lipinski definition) is 1. The Hall–Kier alpha value is -2.55. The summed E-state index contributed by atoms with van der Waals surface area (Å²) >= 11 is 0. The normalized spacial score (nSPS) is 10.7. The van der Waals surface area contributed by atoms with Crippen molar-refractivity contribution in [2.24, 2.45) is 5.73 Å². The average molecular weight is 237 g/mol. The Kier molecular flexibility index (Phi) is 2.38. The van der Waals surface area contributed by atoms with E-state index >= 15 is 0 Å². The minimum Gasteiger partial charge on any atom is -0.410 e. The van der Waals surface area contributed by atoms with Crippen molar-refractivity contribution in [3.63, 3.8) is 0 Å². The van der Waals surface area contributed by atoms with Crippen LogP contribution < -0.4 is 10.5 Å². The number of amides is 1. The molecule has 0 radical (unpaired) electrons. The van der Waals surface area contributed by atoms with Crippen molar-refractivity contribution in [3.05, 3.63) is 54.6 Å². The Morgan fingerprint density at radius 1 is 0.833 bits per heavy atom. The highest BCUT2D eigenvalue weighted by atomic mass is 16.5. The lowest BCUT2D eigenvalue weighted by Crippen LogP contribution is -2.16. The second-order valence-electron chi connectivity index (χ2n) is 4.13. The Morgan fingerprint density at radius 3 is 2.11 bits per heavy atom. The van der Waals surface area contributed by atoms with Crippen molar-refractivity contribution in [1.82, 2.24) is 0 Å². The van der Waals surface area contributed by atoms with Crippen LogP contribution in [0.1, 0.15) is 0 Å². The maximum atomic E-state index is 10.7. The van der Waals surface area contributed by atoms with E-state index in [1.54, 1.807) is 6.07 Å². The summed E-state index contributed by atoms with van der Waals surface area (Å²) in [6.45, 7) is 0. The topological polar surface area (TPSA) is 52.3 Å². The minimum absolute atomic E-state index is 0.463. The van der Waals surface area contributed by atoms with E-state index < -0.39 is 6.09 Å². The van der Waals surface area contributed by atoms with Crippen molar-refractivity contribution in [2.45, 2.75) is 0 Å². The van der Waals surface area contributed by atoms with Crippen LogP contribution in [0.3, 0.4) is 0 Å². The van der Waals surface area contributed by atoms with Gasteiger partial charge in [0.2, 0.25) is 0 Å². The number of carbonyl (C=O) groups is 1. The maximum Gasteiger partial charge on any atom is 0.409 e. The lowest BCUT2D eigenvalue weighted by Gasteiger charge is -2.05. The second-order valence-corrected chi connectivity index (χ2v) is 4.13. The summed E-state index contributed by atoms with van der Waals surface area (Å²) in [7, 11) is 0. The Bertz CT molecular complexity index is 750. The molecular formula is C15H11NO2. The summed E-state index contributed by atoms with van der Waals surface area (Å²) < 4.78 is 4.87. The predicted molar refractivity (Wildman–Crippen MR) is 71.7 cm³/mol. The van der Waals surface area contributed by atoms with Gasteiger partial charge in [0.05, 0.1) is 0 Å². The number of hydrogen-bond acceptors (Lipinski definition) is 2. The van der Waals surface area contributed by atoms with E-state index in [-0.39, 0.29) is 0 Å². The molecule has 18 heavy (non-hydrogen) atoms. The molecule has 0 unspecified atom stereocenters. The molecule has 0 aromatic heterocycles. The molecule has 88 valence electrons. The number of carbonyl (C=O) groups excluding carboxylic acids is 1. The fraction of sp³-hybridized carbons (Fsp3) is 0. The fourth-order valence-electron chi connectivity index (χ4n) is 2.10. The van der Waals surface area contributed by atoms with Gasteiger partial charge in [-0.1, -0.05) is 30.3 Å². The van der Waals surface area contributed by atoms with Gasteiger partial charge in [0.25, 0.3) is 0 Å². The van der Waals surface area contributed by atoms with Crippen molar-refractivity contribution < 1.29 is 9.53 Å². The monoisotopic (exact) mass is 237 g/mol. The molecule has 0 bridgehead atoms. The van der Waals surface area contributed by atoms with Crippen LogP contribution >= 0.6 is 0 Å². The average Bonchev–Trinajstić information content (AvgIpc) is 2.35. The van der Waals surface area contributed by atoms with Gasteiger partial charge in [-0.2, -0.15) is 0 Å². The zero-order valence-electron chi connectivity index (χ0n) is 9.59. The van der Waals surface area contributed by atoms with E-state index in [9.17, 15) is 4.79 Å². The molecule has 0 heterocycles. The lowest BCUT2D eigenvalue weighted by molar-refractivity contribution is 0.211. The smallest absolute Gasteiger partial charge is 0.409 e. The molecule has 0 aliphatic heterocycles. The largest absolute Gasteiger partial charge is 0.410 e. The summed E-state index contributed by atoms with van der Waals surface area (Å²) in [5.74, 6) is 0.463. The minimum atomic E-state index is -0.796. The molecule has 0 aliphatic rings. The number of fused-ring (bicyclic) bond motifs is 2.